The predicted octanol–water partition coefficient (Wildman–Crippen LogP) is 2.87. The number of methoxy groups -OCH3 is 1. The summed E-state index contributed by atoms with van der Waals surface area (Å²) in [4.78, 5) is 11.8. The van der Waals surface area contributed by atoms with Crippen LogP contribution < -0.4 is 14.9 Å². The summed E-state index contributed by atoms with van der Waals surface area (Å²) in [5.74, 6) is -1.20. The van der Waals surface area contributed by atoms with Gasteiger partial charge in [-0.2, -0.15) is 5.10 Å². The Bertz CT molecular complexity index is 857. The number of nitrogens with zero attached hydrogens (tertiary/aromatic N) is 1. The molecule has 0 aliphatic rings. The first-order valence-corrected chi connectivity index (χ1v) is 8.63. The van der Waals surface area contributed by atoms with E-state index in [0.29, 0.717) is 16.0 Å². The van der Waals surface area contributed by atoms with Gasteiger partial charge in [0.2, 0.25) is 5.75 Å². The second-order valence-corrected chi connectivity index (χ2v) is 6.58. The lowest BCUT2D eigenvalue weighted by molar-refractivity contribution is -0.123. The topological polar surface area (TPSA) is 121 Å². The molecule has 1 amide bonds. The third-order valence-electron chi connectivity index (χ3n) is 3.12. The van der Waals surface area contributed by atoms with Gasteiger partial charge in [-0.15, -0.1) is 0 Å². The number of hydrogen-bond donors (Lipinski definition) is 4. The van der Waals surface area contributed by atoms with Gasteiger partial charge in [-0.3, -0.25) is 4.79 Å². The number of phenols is 3. The van der Waals surface area contributed by atoms with Gasteiger partial charge in [0.25, 0.3) is 5.91 Å². The van der Waals surface area contributed by atoms with Crippen molar-refractivity contribution in [2.24, 2.45) is 5.10 Å². The maximum absolute atomic E-state index is 11.8. The fourth-order valence-corrected chi connectivity index (χ4v) is 2.72. The summed E-state index contributed by atoms with van der Waals surface area (Å²) >= 11 is 6.32. The van der Waals surface area contributed by atoms with Crippen LogP contribution in [0.25, 0.3) is 0 Å². The Morgan fingerprint density at radius 3 is 2.54 bits per heavy atom. The van der Waals surface area contributed by atoms with Crippen LogP contribution in [0.1, 0.15) is 5.56 Å². The molecule has 0 heterocycles. The molecule has 0 fully saturated rings. The van der Waals surface area contributed by atoms with E-state index in [2.05, 4.69) is 42.4 Å². The van der Waals surface area contributed by atoms with Crippen LogP contribution in [-0.2, 0) is 4.79 Å². The highest BCUT2D eigenvalue weighted by atomic mass is 79.9. The fourth-order valence-electron chi connectivity index (χ4n) is 1.81. The molecule has 0 bridgehead atoms. The molecule has 0 saturated heterocycles. The number of benzene rings is 2. The number of rotatable bonds is 6. The van der Waals surface area contributed by atoms with Crippen molar-refractivity contribution < 1.29 is 29.6 Å². The van der Waals surface area contributed by atoms with Crippen LogP contribution in [0.15, 0.2) is 38.3 Å². The summed E-state index contributed by atoms with van der Waals surface area (Å²) in [6, 6.07) is 6.36. The van der Waals surface area contributed by atoms with E-state index in [1.54, 1.807) is 18.2 Å². The molecule has 0 aliphatic heterocycles. The molecule has 0 spiro atoms. The van der Waals surface area contributed by atoms with E-state index in [4.69, 9.17) is 9.47 Å². The van der Waals surface area contributed by atoms with Crippen LogP contribution in [0.5, 0.6) is 28.7 Å². The van der Waals surface area contributed by atoms with E-state index in [1.165, 1.54) is 13.2 Å². The smallest absolute Gasteiger partial charge is 0.277 e. The van der Waals surface area contributed by atoms with Crippen molar-refractivity contribution in [2.45, 2.75) is 0 Å². The largest absolute Gasteiger partial charge is 0.504 e. The van der Waals surface area contributed by atoms with Crippen molar-refractivity contribution in [3.05, 3.63) is 38.8 Å². The van der Waals surface area contributed by atoms with Crippen LogP contribution in [0.4, 0.5) is 0 Å². The Morgan fingerprint density at radius 1 is 1.15 bits per heavy atom. The Labute approximate surface area is 165 Å². The van der Waals surface area contributed by atoms with Gasteiger partial charge >= 0.3 is 0 Å². The lowest BCUT2D eigenvalue weighted by Crippen LogP contribution is -2.24. The summed E-state index contributed by atoms with van der Waals surface area (Å²) in [5, 5.41) is 32.4. The zero-order valence-electron chi connectivity index (χ0n) is 13.4. The number of nitrogens with one attached hydrogen (secondary N) is 1. The van der Waals surface area contributed by atoms with Crippen molar-refractivity contribution in [3.8, 4) is 28.7 Å². The first-order valence-electron chi connectivity index (χ1n) is 7.05. The first kappa shape index (κ1) is 19.9. The van der Waals surface area contributed by atoms with Crippen LogP contribution >= 0.6 is 31.9 Å². The highest BCUT2D eigenvalue weighted by Crippen LogP contribution is 2.42. The molecule has 138 valence electrons. The van der Waals surface area contributed by atoms with Gasteiger partial charge in [-0.25, -0.2) is 5.43 Å². The maximum Gasteiger partial charge on any atom is 0.277 e. The lowest BCUT2D eigenvalue weighted by Gasteiger charge is -2.08. The number of carbonyl (C=O) groups is 1. The summed E-state index contributed by atoms with van der Waals surface area (Å²) in [6.07, 6.45) is 1.11. The highest BCUT2D eigenvalue weighted by molar-refractivity contribution is 9.10. The number of aromatic hydroxyl groups is 3. The van der Waals surface area contributed by atoms with Crippen LogP contribution in [0.2, 0.25) is 0 Å². The molecule has 0 atom stereocenters. The summed E-state index contributed by atoms with van der Waals surface area (Å²) in [7, 11) is 1.54. The predicted molar refractivity (Wildman–Crippen MR) is 101 cm³/mol. The molecule has 10 heteroatoms. The molecule has 2 aromatic rings. The van der Waals surface area contributed by atoms with Crippen LogP contribution in [-0.4, -0.2) is 41.2 Å². The number of phenolic OH excluding ortho intramolecular Hbond substituents is 3. The Hall–Kier alpha value is -2.46. The molecule has 8 nitrogen and oxygen atoms in total. The SMILES string of the molecule is COc1ccc(OCC(=O)N/N=C\c2cc(Br)c(O)c(O)c2O)c(Br)c1. The second kappa shape index (κ2) is 8.77. The van der Waals surface area contributed by atoms with E-state index in [-0.39, 0.29) is 16.6 Å². The lowest BCUT2D eigenvalue weighted by atomic mass is 10.2. The Kier molecular flexibility index (Phi) is 6.70. The van der Waals surface area contributed by atoms with Crippen molar-refractivity contribution >= 4 is 44.0 Å². The Morgan fingerprint density at radius 2 is 1.88 bits per heavy atom. The van der Waals surface area contributed by atoms with Gasteiger partial charge in [-0.1, -0.05) is 0 Å². The summed E-state index contributed by atoms with van der Waals surface area (Å²) in [5.41, 5.74) is 2.31. The fraction of sp³-hybridized carbons (Fsp3) is 0.125. The zero-order chi connectivity index (χ0) is 19.3. The van der Waals surface area contributed by atoms with E-state index >= 15 is 0 Å². The third-order valence-corrected chi connectivity index (χ3v) is 4.35. The molecule has 2 rings (SSSR count). The summed E-state index contributed by atoms with van der Waals surface area (Å²) in [6.45, 7) is -0.293. The monoisotopic (exact) mass is 488 g/mol. The van der Waals surface area contributed by atoms with E-state index in [0.717, 1.165) is 6.21 Å². The van der Waals surface area contributed by atoms with E-state index in [9.17, 15) is 20.1 Å². The van der Waals surface area contributed by atoms with E-state index in [1.807, 2.05) is 0 Å². The van der Waals surface area contributed by atoms with Crippen molar-refractivity contribution in [2.75, 3.05) is 13.7 Å². The van der Waals surface area contributed by atoms with Gasteiger partial charge in [0.05, 0.1) is 22.3 Å². The second-order valence-electron chi connectivity index (χ2n) is 4.87. The number of hydrogen-bond acceptors (Lipinski definition) is 7. The molecule has 0 aromatic heterocycles. The zero-order valence-corrected chi connectivity index (χ0v) is 16.5. The highest BCUT2D eigenvalue weighted by Gasteiger charge is 2.14. The standard InChI is InChI=1S/C16H14Br2N2O6/c1-25-9-2-3-12(10(17)5-9)26-7-13(21)20-19-6-8-4-11(18)15(23)16(24)14(8)22/h2-6,22-24H,7H2,1H3,(H,20,21)/b19-6-. The Balaban J connectivity index is 1.94. The van der Waals surface area contributed by atoms with Crippen molar-refractivity contribution in [1.29, 1.82) is 0 Å². The molecule has 0 saturated carbocycles. The molecular weight excluding hydrogens is 476 g/mol. The molecule has 4 N–H and O–H groups in total. The number of carbonyl (C=O) groups excluding carboxylic acids is 1. The number of halogens is 2. The number of ether oxygens (including phenoxy) is 2. The van der Waals surface area contributed by atoms with Gasteiger partial charge in [-0.05, 0) is 56.1 Å². The molecule has 26 heavy (non-hydrogen) atoms. The van der Waals surface area contributed by atoms with Crippen LogP contribution in [0.3, 0.4) is 0 Å². The van der Waals surface area contributed by atoms with Gasteiger partial charge < -0.3 is 24.8 Å². The first-order chi connectivity index (χ1) is 12.3. The molecule has 0 aliphatic carbocycles. The summed E-state index contributed by atoms with van der Waals surface area (Å²) < 4.78 is 11.2. The van der Waals surface area contributed by atoms with E-state index < -0.39 is 23.2 Å². The average molecular weight is 490 g/mol. The molecule has 0 radical (unpaired) electrons. The minimum atomic E-state index is -0.695. The normalized spacial score (nSPS) is 10.7. The van der Waals surface area contributed by atoms with Crippen molar-refractivity contribution in [3.63, 3.8) is 0 Å². The maximum atomic E-state index is 11.8. The number of amides is 1. The average Bonchev–Trinajstić information content (AvgIpc) is 2.63. The van der Waals surface area contributed by atoms with Gasteiger partial charge in [0.1, 0.15) is 11.5 Å². The van der Waals surface area contributed by atoms with Gasteiger partial charge in [0.15, 0.2) is 18.1 Å². The molecule has 2 aromatic carbocycles. The minimum absolute atomic E-state index is 0.0892. The van der Waals surface area contributed by atoms with Gasteiger partial charge in [0, 0.05) is 5.56 Å². The number of hydrazone groups is 1. The molecule has 0 unspecified atom stereocenters. The third kappa shape index (κ3) is 4.79. The molecular formula is C16H14Br2N2O6. The van der Waals surface area contributed by atoms with Crippen LogP contribution in [0, 0.1) is 0 Å². The van der Waals surface area contributed by atoms with Crippen molar-refractivity contribution in [1.82, 2.24) is 5.43 Å². The minimum Gasteiger partial charge on any atom is -0.504 e. The quantitative estimate of drug-likeness (QED) is 0.281.